The number of aryl methyl sites for hydroxylation is 1. The van der Waals surface area contributed by atoms with Gasteiger partial charge in [0.05, 0.1) is 12.6 Å². The Kier molecular flexibility index (Phi) is 6.48. The van der Waals surface area contributed by atoms with Crippen LogP contribution in [0.4, 0.5) is 5.69 Å². The number of nitrogens with one attached hydrogen (secondary N) is 1. The molecule has 0 radical (unpaired) electrons. The Morgan fingerprint density at radius 2 is 2.00 bits per heavy atom. The Bertz CT molecular complexity index is 924. The van der Waals surface area contributed by atoms with E-state index in [1.165, 1.54) is 15.9 Å². The lowest BCUT2D eigenvalue weighted by Crippen LogP contribution is -2.55. The molecule has 160 valence electrons. The summed E-state index contributed by atoms with van der Waals surface area (Å²) >= 11 is 0. The molecule has 2 unspecified atom stereocenters. The van der Waals surface area contributed by atoms with Crippen molar-refractivity contribution < 1.29 is 28.8 Å². The molecule has 1 aliphatic rings. The second-order valence-corrected chi connectivity index (χ2v) is 7.19. The second-order valence-electron chi connectivity index (χ2n) is 7.19. The number of rotatable bonds is 6. The first-order chi connectivity index (χ1) is 14.3. The van der Waals surface area contributed by atoms with E-state index in [1.807, 2.05) is 0 Å². The summed E-state index contributed by atoms with van der Waals surface area (Å²) in [6, 6.07) is 7.67. The van der Waals surface area contributed by atoms with E-state index in [0.29, 0.717) is 17.0 Å². The van der Waals surface area contributed by atoms with Crippen LogP contribution in [0.25, 0.3) is 0 Å². The SMILES string of the molecule is Cc1cc(C(=O)Nc2ccc(C3OCC(=O)N(CC(=O)N(C)C)C3CO)cc2)no1. The lowest BCUT2D eigenvalue weighted by Gasteiger charge is -2.40. The fourth-order valence-corrected chi connectivity index (χ4v) is 3.13. The minimum Gasteiger partial charge on any atom is -0.394 e. The molecule has 2 atom stereocenters. The van der Waals surface area contributed by atoms with E-state index in [1.54, 1.807) is 45.3 Å². The van der Waals surface area contributed by atoms with Crippen LogP contribution in [0.3, 0.4) is 0 Å². The van der Waals surface area contributed by atoms with Gasteiger partial charge in [-0.05, 0) is 24.6 Å². The highest BCUT2D eigenvalue weighted by Gasteiger charge is 2.38. The van der Waals surface area contributed by atoms with E-state index in [0.717, 1.165) is 0 Å². The number of anilines is 1. The highest BCUT2D eigenvalue weighted by molar-refractivity contribution is 6.02. The van der Waals surface area contributed by atoms with E-state index in [2.05, 4.69) is 10.5 Å². The maximum atomic E-state index is 12.3. The van der Waals surface area contributed by atoms with Crippen LogP contribution in [-0.2, 0) is 14.3 Å². The first kappa shape index (κ1) is 21.5. The van der Waals surface area contributed by atoms with E-state index in [9.17, 15) is 19.5 Å². The first-order valence-corrected chi connectivity index (χ1v) is 9.37. The number of morpholine rings is 1. The summed E-state index contributed by atoms with van der Waals surface area (Å²) in [4.78, 5) is 39.3. The van der Waals surface area contributed by atoms with Gasteiger partial charge in [-0.1, -0.05) is 17.3 Å². The molecule has 0 bridgehead atoms. The van der Waals surface area contributed by atoms with Crippen LogP contribution in [0.15, 0.2) is 34.9 Å². The van der Waals surface area contributed by atoms with Gasteiger partial charge in [0.2, 0.25) is 11.8 Å². The van der Waals surface area contributed by atoms with Crippen molar-refractivity contribution in [3.05, 3.63) is 47.3 Å². The van der Waals surface area contributed by atoms with Gasteiger partial charge in [0.15, 0.2) is 5.69 Å². The molecule has 1 aliphatic heterocycles. The third-order valence-electron chi connectivity index (χ3n) is 4.81. The molecule has 1 saturated heterocycles. The fraction of sp³-hybridized carbons (Fsp3) is 0.400. The number of amides is 3. The normalized spacial score (nSPS) is 18.9. The van der Waals surface area contributed by atoms with Crippen molar-refractivity contribution in [3.8, 4) is 0 Å². The number of nitrogens with zero attached hydrogens (tertiary/aromatic N) is 3. The Morgan fingerprint density at radius 3 is 2.57 bits per heavy atom. The van der Waals surface area contributed by atoms with Crippen molar-refractivity contribution in [2.24, 2.45) is 0 Å². The molecule has 1 fully saturated rings. The molecule has 10 nitrogen and oxygen atoms in total. The van der Waals surface area contributed by atoms with Crippen molar-refractivity contribution in [2.75, 3.05) is 39.2 Å². The zero-order valence-corrected chi connectivity index (χ0v) is 17.0. The molecule has 2 heterocycles. The number of carbonyl (C=O) groups is 3. The maximum absolute atomic E-state index is 12.3. The van der Waals surface area contributed by atoms with Crippen LogP contribution in [0.2, 0.25) is 0 Å². The average molecular weight is 416 g/mol. The van der Waals surface area contributed by atoms with Crippen molar-refractivity contribution >= 4 is 23.4 Å². The Hall–Kier alpha value is -3.24. The molecule has 0 spiro atoms. The Labute approximate surface area is 173 Å². The Morgan fingerprint density at radius 1 is 1.30 bits per heavy atom. The molecule has 3 rings (SSSR count). The van der Waals surface area contributed by atoms with E-state index in [-0.39, 0.29) is 37.3 Å². The molecule has 1 aromatic heterocycles. The third-order valence-corrected chi connectivity index (χ3v) is 4.81. The number of hydrogen-bond donors (Lipinski definition) is 2. The highest BCUT2D eigenvalue weighted by atomic mass is 16.5. The molecule has 2 aromatic rings. The summed E-state index contributed by atoms with van der Waals surface area (Å²) in [6.07, 6.45) is -0.606. The monoisotopic (exact) mass is 416 g/mol. The summed E-state index contributed by atoms with van der Waals surface area (Å²) in [5.74, 6) is -0.469. The second kappa shape index (κ2) is 9.06. The lowest BCUT2D eigenvalue weighted by atomic mass is 9.99. The van der Waals surface area contributed by atoms with Crippen LogP contribution in [0, 0.1) is 6.92 Å². The van der Waals surface area contributed by atoms with Gasteiger partial charge in [0, 0.05) is 25.8 Å². The molecule has 0 saturated carbocycles. The largest absolute Gasteiger partial charge is 0.394 e. The molecule has 1 aromatic carbocycles. The fourth-order valence-electron chi connectivity index (χ4n) is 3.13. The highest BCUT2D eigenvalue weighted by Crippen LogP contribution is 2.30. The van der Waals surface area contributed by atoms with Gasteiger partial charge in [-0.15, -0.1) is 0 Å². The summed E-state index contributed by atoms with van der Waals surface area (Å²) in [5.41, 5.74) is 1.42. The van der Waals surface area contributed by atoms with E-state index in [4.69, 9.17) is 9.26 Å². The van der Waals surface area contributed by atoms with Crippen molar-refractivity contribution in [2.45, 2.75) is 19.1 Å². The number of benzene rings is 1. The van der Waals surface area contributed by atoms with E-state index < -0.39 is 18.1 Å². The zero-order valence-electron chi connectivity index (χ0n) is 17.0. The van der Waals surface area contributed by atoms with Crippen LogP contribution in [-0.4, -0.2) is 77.7 Å². The van der Waals surface area contributed by atoms with Gasteiger partial charge in [0.1, 0.15) is 25.0 Å². The average Bonchev–Trinajstić information content (AvgIpc) is 3.16. The lowest BCUT2D eigenvalue weighted by molar-refractivity contribution is -0.164. The Balaban J connectivity index is 1.73. The maximum Gasteiger partial charge on any atom is 0.277 e. The van der Waals surface area contributed by atoms with Gasteiger partial charge < -0.3 is 29.5 Å². The van der Waals surface area contributed by atoms with Crippen molar-refractivity contribution in [1.82, 2.24) is 15.0 Å². The number of ether oxygens (including phenoxy) is 1. The quantitative estimate of drug-likeness (QED) is 0.706. The third kappa shape index (κ3) is 4.66. The summed E-state index contributed by atoms with van der Waals surface area (Å²) in [5, 5.41) is 16.3. The number of likely N-dealkylation sites (N-methyl/N-ethyl adjacent to an activating group) is 1. The van der Waals surface area contributed by atoms with Gasteiger partial charge in [-0.25, -0.2) is 0 Å². The number of hydrogen-bond acceptors (Lipinski definition) is 7. The molecule has 30 heavy (non-hydrogen) atoms. The standard InChI is InChI=1S/C20H24N4O6/c1-12-8-15(22-30-12)20(28)21-14-6-4-13(5-7-14)19-16(10-25)24(18(27)11-29-19)9-17(26)23(2)3/h4-8,16,19,25H,9-11H2,1-3H3,(H,21,28). The minimum absolute atomic E-state index is 0.137. The topological polar surface area (TPSA) is 125 Å². The van der Waals surface area contributed by atoms with Gasteiger partial charge in [0.25, 0.3) is 5.91 Å². The van der Waals surface area contributed by atoms with E-state index >= 15 is 0 Å². The first-order valence-electron chi connectivity index (χ1n) is 9.37. The van der Waals surface area contributed by atoms with Crippen LogP contribution < -0.4 is 5.32 Å². The molecular formula is C20H24N4O6. The molecule has 10 heteroatoms. The molecular weight excluding hydrogens is 392 g/mol. The van der Waals surface area contributed by atoms with Gasteiger partial charge in [-0.3, -0.25) is 14.4 Å². The molecule has 3 amide bonds. The number of aliphatic hydroxyl groups excluding tert-OH is 1. The summed E-state index contributed by atoms with van der Waals surface area (Å²) < 4.78 is 10.6. The van der Waals surface area contributed by atoms with Crippen LogP contribution in [0.5, 0.6) is 0 Å². The predicted molar refractivity (Wildman–Crippen MR) is 106 cm³/mol. The number of aromatic nitrogens is 1. The predicted octanol–water partition coefficient (Wildman–Crippen LogP) is 0.584. The van der Waals surface area contributed by atoms with Crippen molar-refractivity contribution in [1.29, 1.82) is 0 Å². The molecule has 2 N–H and O–H groups in total. The zero-order chi connectivity index (χ0) is 21.8. The summed E-state index contributed by atoms with van der Waals surface area (Å²) in [6.45, 7) is 1.01. The number of carbonyl (C=O) groups excluding carboxylic acids is 3. The number of aliphatic hydroxyl groups is 1. The van der Waals surface area contributed by atoms with Crippen molar-refractivity contribution in [3.63, 3.8) is 0 Å². The van der Waals surface area contributed by atoms with Gasteiger partial charge >= 0.3 is 0 Å². The minimum atomic E-state index is -0.700. The molecule has 0 aliphatic carbocycles. The summed E-state index contributed by atoms with van der Waals surface area (Å²) in [7, 11) is 3.21. The van der Waals surface area contributed by atoms with Crippen LogP contribution >= 0.6 is 0 Å². The van der Waals surface area contributed by atoms with Crippen LogP contribution in [0.1, 0.15) is 27.9 Å². The smallest absolute Gasteiger partial charge is 0.277 e. The van der Waals surface area contributed by atoms with Gasteiger partial charge in [-0.2, -0.15) is 0 Å².